The molecule has 0 N–H and O–H groups in total. The van der Waals surface area contributed by atoms with E-state index in [9.17, 15) is 0 Å². The number of hydrogen-bond acceptors (Lipinski definition) is 3. The van der Waals surface area contributed by atoms with Crippen LogP contribution in [0.1, 0.15) is 18.1 Å². The molecule has 1 unspecified atom stereocenters. The first-order valence-corrected chi connectivity index (χ1v) is 7.07. The van der Waals surface area contributed by atoms with Gasteiger partial charge in [-0.05, 0) is 31.0 Å². The molecule has 1 aromatic carbocycles. The molecule has 0 bridgehead atoms. The van der Waals surface area contributed by atoms with Crippen LogP contribution in [0.15, 0.2) is 18.2 Å². The van der Waals surface area contributed by atoms with Crippen molar-refractivity contribution in [2.24, 2.45) is 0 Å². The molecule has 108 valence electrons. The summed E-state index contributed by atoms with van der Waals surface area (Å²) in [5.74, 6) is 0.548. The van der Waals surface area contributed by atoms with E-state index in [2.05, 4.69) is 36.9 Å². The summed E-state index contributed by atoms with van der Waals surface area (Å²) in [6, 6.07) is 6.66. The third-order valence-corrected chi connectivity index (χ3v) is 3.51. The Morgan fingerprint density at radius 2 is 2.00 bits per heavy atom. The van der Waals surface area contributed by atoms with Crippen LogP contribution >= 0.6 is 11.6 Å². The monoisotopic (exact) mass is 285 g/mol. The molecule has 0 saturated heterocycles. The zero-order valence-electron chi connectivity index (χ0n) is 12.3. The third-order valence-electron chi connectivity index (χ3n) is 3.20. The van der Waals surface area contributed by atoms with Gasteiger partial charge in [0.05, 0.1) is 13.2 Å². The van der Waals surface area contributed by atoms with Crippen molar-refractivity contribution in [3.05, 3.63) is 29.3 Å². The molecule has 0 heterocycles. The van der Waals surface area contributed by atoms with E-state index in [1.165, 1.54) is 11.3 Å². The highest BCUT2D eigenvalue weighted by Gasteiger charge is 2.16. The van der Waals surface area contributed by atoms with Crippen LogP contribution in [0.25, 0.3) is 0 Å². The normalized spacial score (nSPS) is 12.5. The Morgan fingerprint density at radius 3 is 2.53 bits per heavy atom. The molecule has 0 amide bonds. The lowest BCUT2D eigenvalue weighted by Crippen LogP contribution is -2.39. The SMILES string of the molecule is COCCN(c1ccc(CCl)cc1C)C(C)COC. The Balaban J connectivity index is 2.95. The van der Waals surface area contributed by atoms with Crippen LogP contribution in [0.5, 0.6) is 0 Å². The predicted octanol–water partition coefficient (Wildman–Crippen LogP) is 3.22. The summed E-state index contributed by atoms with van der Waals surface area (Å²) in [7, 11) is 3.46. The zero-order chi connectivity index (χ0) is 14.3. The van der Waals surface area contributed by atoms with Gasteiger partial charge >= 0.3 is 0 Å². The fourth-order valence-corrected chi connectivity index (χ4v) is 2.39. The van der Waals surface area contributed by atoms with Crippen LogP contribution in [0, 0.1) is 6.92 Å². The minimum absolute atomic E-state index is 0.306. The van der Waals surface area contributed by atoms with Gasteiger partial charge < -0.3 is 14.4 Å². The Hall–Kier alpha value is -0.770. The largest absolute Gasteiger partial charge is 0.383 e. The second-order valence-corrected chi connectivity index (χ2v) is 5.01. The molecule has 0 spiro atoms. The molecule has 0 aliphatic rings. The van der Waals surface area contributed by atoms with Crippen molar-refractivity contribution in [2.75, 3.05) is 38.9 Å². The molecule has 1 rings (SSSR count). The molecule has 4 heteroatoms. The van der Waals surface area contributed by atoms with Crippen LogP contribution in [0.2, 0.25) is 0 Å². The van der Waals surface area contributed by atoms with Gasteiger partial charge in [0, 0.05) is 38.4 Å². The van der Waals surface area contributed by atoms with Crippen molar-refractivity contribution in [1.29, 1.82) is 0 Å². The number of halogens is 1. The van der Waals surface area contributed by atoms with Crippen LogP contribution in [0.3, 0.4) is 0 Å². The van der Waals surface area contributed by atoms with Crippen molar-refractivity contribution < 1.29 is 9.47 Å². The molecule has 0 fully saturated rings. The standard InChI is InChI=1S/C15H24ClNO2/c1-12-9-14(10-16)5-6-15(12)17(7-8-18-3)13(2)11-19-4/h5-6,9,13H,7-8,10-11H2,1-4H3. The summed E-state index contributed by atoms with van der Waals surface area (Å²) in [5.41, 5.74) is 3.60. The lowest BCUT2D eigenvalue weighted by atomic mass is 10.1. The van der Waals surface area contributed by atoms with Gasteiger partial charge in [-0.2, -0.15) is 0 Å². The molecule has 0 aromatic heterocycles. The molecule has 1 atom stereocenters. The lowest BCUT2D eigenvalue weighted by molar-refractivity contribution is 0.171. The average Bonchev–Trinajstić information content (AvgIpc) is 2.40. The second-order valence-electron chi connectivity index (χ2n) is 4.75. The summed E-state index contributed by atoms with van der Waals surface area (Å²) < 4.78 is 10.5. The summed E-state index contributed by atoms with van der Waals surface area (Å²) >= 11 is 5.87. The number of ether oxygens (including phenoxy) is 2. The quantitative estimate of drug-likeness (QED) is 0.685. The van der Waals surface area contributed by atoms with Crippen molar-refractivity contribution in [1.82, 2.24) is 0 Å². The van der Waals surface area contributed by atoms with Gasteiger partial charge in [-0.3, -0.25) is 0 Å². The van der Waals surface area contributed by atoms with Gasteiger partial charge in [-0.25, -0.2) is 0 Å². The van der Waals surface area contributed by atoms with E-state index in [1.807, 2.05) is 0 Å². The molecule has 19 heavy (non-hydrogen) atoms. The summed E-state index contributed by atoms with van der Waals surface area (Å²) in [6.45, 7) is 6.52. The first-order valence-electron chi connectivity index (χ1n) is 6.54. The number of benzene rings is 1. The molecule has 0 radical (unpaired) electrons. The van der Waals surface area contributed by atoms with Crippen LogP contribution in [0.4, 0.5) is 5.69 Å². The highest BCUT2D eigenvalue weighted by atomic mass is 35.5. The van der Waals surface area contributed by atoms with Gasteiger partial charge in [-0.1, -0.05) is 12.1 Å². The summed E-state index contributed by atoms with van der Waals surface area (Å²) in [5, 5.41) is 0. The van der Waals surface area contributed by atoms with E-state index in [4.69, 9.17) is 21.1 Å². The van der Waals surface area contributed by atoms with E-state index in [0.29, 0.717) is 25.1 Å². The number of aryl methyl sites for hydroxylation is 1. The van der Waals surface area contributed by atoms with Gasteiger partial charge in [0.1, 0.15) is 0 Å². The smallest absolute Gasteiger partial charge is 0.0663 e. The van der Waals surface area contributed by atoms with Crippen LogP contribution < -0.4 is 4.90 Å². The molecule has 1 aromatic rings. The maximum Gasteiger partial charge on any atom is 0.0663 e. The van der Waals surface area contributed by atoms with E-state index < -0.39 is 0 Å². The molecule has 0 aliphatic heterocycles. The predicted molar refractivity (Wildman–Crippen MR) is 81.3 cm³/mol. The van der Waals surface area contributed by atoms with Crippen LogP contribution in [-0.2, 0) is 15.4 Å². The van der Waals surface area contributed by atoms with Crippen LogP contribution in [-0.4, -0.2) is 40.0 Å². The Bertz CT molecular complexity index is 384. The first-order chi connectivity index (χ1) is 9.13. The number of rotatable bonds is 8. The Labute approximate surface area is 121 Å². The average molecular weight is 286 g/mol. The van der Waals surface area contributed by atoms with Gasteiger partial charge in [0.15, 0.2) is 0 Å². The van der Waals surface area contributed by atoms with E-state index >= 15 is 0 Å². The van der Waals surface area contributed by atoms with Crippen molar-refractivity contribution >= 4 is 17.3 Å². The highest BCUT2D eigenvalue weighted by Crippen LogP contribution is 2.24. The fraction of sp³-hybridized carbons (Fsp3) is 0.600. The van der Waals surface area contributed by atoms with E-state index in [-0.39, 0.29) is 0 Å². The molecular weight excluding hydrogens is 262 g/mol. The molecular formula is C15H24ClNO2. The van der Waals surface area contributed by atoms with Gasteiger partial charge in [0.2, 0.25) is 0 Å². The maximum atomic E-state index is 5.87. The number of methoxy groups -OCH3 is 2. The molecule has 3 nitrogen and oxygen atoms in total. The van der Waals surface area contributed by atoms with Gasteiger partial charge in [-0.15, -0.1) is 11.6 Å². The minimum Gasteiger partial charge on any atom is -0.383 e. The second kappa shape index (κ2) is 8.41. The number of anilines is 1. The summed E-state index contributed by atoms with van der Waals surface area (Å²) in [4.78, 5) is 2.32. The van der Waals surface area contributed by atoms with Crippen molar-refractivity contribution in [3.63, 3.8) is 0 Å². The number of hydrogen-bond donors (Lipinski definition) is 0. The van der Waals surface area contributed by atoms with Crippen molar-refractivity contribution in [3.8, 4) is 0 Å². The first kappa shape index (κ1) is 16.3. The highest BCUT2D eigenvalue weighted by molar-refractivity contribution is 6.17. The number of alkyl halides is 1. The van der Waals surface area contributed by atoms with E-state index in [1.54, 1.807) is 14.2 Å². The summed E-state index contributed by atoms with van der Waals surface area (Å²) in [6.07, 6.45) is 0. The van der Waals surface area contributed by atoms with E-state index in [0.717, 1.165) is 12.1 Å². The molecule has 0 aliphatic carbocycles. The topological polar surface area (TPSA) is 21.7 Å². The van der Waals surface area contributed by atoms with Gasteiger partial charge in [0.25, 0.3) is 0 Å². The third kappa shape index (κ3) is 4.68. The minimum atomic E-state index is 0.306. The van der Waals surface area contributed by atoms with Crippen molar-refractivity contribution in [2.45, 2.75) is 25.8 Å². The lowest BCUT2D eigenvalue weighted by Gasteiger charge is -2.32. The number of nitrogens with zero attached hydrogens (tertiary/aromatic N) is 1. The maximum absolute atomic E-state index is 5.87. The fourth-order valence-electron chi connectivity index (χ4n) is 2.22. The zero-order valence-corrected chi connectivity index (χ0v) is 13.0. The Kier molecular flexibility index (Phi) is 7.21. The Morgan fingerprint density at radius 1 is 1.26 bits per heavy atom. The molecule has 0 saturated carbocycles.